The molecule has 8 heteroatoms. The van der Waals surface area contributed by atoms with Crippen molar-refractivity contribution >= 4 is 51.5 Å². The fourth-order valence-corrected chi connectivity index (χ4v) is 1.60. The molecular formula is C10H21CaO6P. The van der Waals surface area contributed by atoms with Crippen LogP contribution in [0.3, 0.4) is 0 Å². The zero-order chi connectivity index (χ0) is 13.1. The molecule has 0 aromatic carbocycles. The summed E-state index contributed by atoms with van der Waals surface area (Å²) in [6, 6.07) is 0. The molecule has 1 unspecified atom stereocenters. The van der Waals surface area contributed by atoms with Gasteiger partial charge in [-0.05, 0) is 6.42 Å². The standard InChI is InChI=1S/C10H19O6P.Ca.2H/c1-3-5-6-7-8-9-14-17(12,13)16-15-10(11)4-2;;;/h4H,2-3,5-9H2,1H3,(H,12,13);;;/q;+2;2*-1. The molecule has 1 atom stereocenters. The first-order valence-corrected chi connectivity index (χ1v) is 7.01. The van der Waals surface area contributed by atoms with E-state index >= 15 is 0 Å². The first-order valence-electron chi connectivity index (χ1n) is 5.52. The van der Waals surface area contributed by atoms with Gasteiger partial charge in [0.1, 0.15) is 0 Å². The van der Waals surface area contributed by atoms with Gasteiger partial charge < -0.3 is 7.75 Å². The number of hydrogen-bond donors (Lipinski definition) is 1. The second-order valence-electron chi connectivity index (χ2n) is 3.40. The van der Waals surface area contributed by atoms with Gasteiger partial charge in [-0.15, -0.1) is 0 Å². The number of phosphoric acid groups is 1. The Hall–Kier alpha value is 0.580. The van der Waals surface area contributed by atoms with E-state index in [9.17, 15) is 9.36 Å². The van der Waals surface area contributed by atoms with Crippen molar-refractivity contribution in [3.05, 3.63) is 12.7 Å². The minimum atomic E-state index is -4.31. The molecule has 104 valence electrons. The Morgan fingerprint density at radius 1 is 1.39 bits per heavy atom. The maximum Gasteiger partial charge on any atom is 2.00 e. The van der Waals surface area contributed by atoms with E-state index in [0.717, 1.165) is 31.8 Å². The van der Waals surface area contributed by atoms with Gasteiger partial charge in [-0.25, -0.2) is 9.36 Å². The van der Waals surface area contributed by atoms with E-state index in [1.54, 1.807) is 0 Å². The van der Waals surface area contributed by atoms with Crippen molar-refractivity contribution in [3.63, 3.8) is 0 Å². The van der Waals surface area contributed by atoms with Crippen molar-refractivity contribution in [1.82, 2.24) is 0 Å². The third kappa shape index (κ3) is 13.0. The molecule has 0 aromatic rings. The maximum absolute atomic E-state index is 11.1. The molecule has 0 aliphatic heterocycles. The summed E-state index contributed by atoms with van der Waals surface area (Å²) in [6.07, 6.45) is 5.69. The van der Waals surface area contributed by atoms with Crippen LogP contribution in [0.25, 0.3) is 0 Å². The Bertz CT molecular complexity index is 293. The van der Waals surface area contributed by atoms with E-state index in [-0.39, 0.29) is 47.2 Å². The molecule has 0 aromatic heterocycles. The van der Waals surface area contributed by atoms with Crippen molar-refractivity contribution < 1.29 is 31.2 Å². The van der Waals surface area contributed by atoms with Crippen LogP contribution in [0, 0.1) is 0 Å². The molecule has 0 bridgehead atoms. The van der Waals surface area contributed by atoms with Crippen molar-refractivity contribution in [1.29, 1.82) is 0 Å². The molecule has 0 rings (SSSR count). The summed E-state index contributed by atoms with van der Waals surface area (Å²) < 4.78 is 19.7. The second kappa shape index (κ2) is 12.6. The average molecular weight is 308 g/mol. The predicted octanol–water partition coefficient (Wildman–Crippen LogP) is 2.58. The van der Waals surface area contributed by atoms with E-state index in [2.05, 4.69) is 27.6 Å². The molecule has 1 N–H and O–H groups in total. The Morgan fingerprint density at radius 3 is 2.56 bits per heavy atom. The zero-order valence-electron chi connectivity index (χ0n) is 12.7. The third-order valence-electron chi connectivity index (χ3n) is 1.88. The summed E-state index contributed by atoms with van der Waals surface area (Å²) in [5.41, 5.74) is 0. The summed E-state index contributed by atoms with van der Waals surface area (Å²) in [5.74, 6) is -0.953. The van der Waals surface area contributed by atoms with Gasteiger partial charge in [0.05, 0.1) is 6.61 Å². The average Bonchev–Trinajstić information content (AvgIpc) is 2.30. The van der Waals surface area contributed by atoms with Crippen molar-refractivity contribution in [2.45, 2.75) is 39.0 Å². The molecule has 6 nitrogen and oxygen atoms in total. The fourth-order valence-electron chi connectivity index (χ4n) is 1.02. The number of carbonyl (C=O) groups excluding carboxylic acids is 1. The number of carbonyl (C=O) groups is 1. The molecule has 0 saturated heterocycles. The maximum atomic E-state index is 11.1. The van der Waals surface area contributed by atoms with Gasteiger partial charge in [-0.1, -0.05) is 43.9 Å². The van der Waals surface area contributed by atoms with Crippen molar-refractivity contribution in [3.8, 4) is 0 Å². The van der Waals surface area contributed by atoms with Crippen LogP contribution in [0.4, 0.5) is 0 Å². The number of unbranched alkanes of at least 4 members (excludes halogenated alkanes) is 4. The molecule has 18 heavy (non-hydrogen) atoms. The molecule has 0 saturated carbocycles. The number of rotatable bonds is 10. The van der Waals surface area contributed by atoms with E-state index in [1.807, 2.05) is 0 Å². The summed E-state index contributed by atoms with van der Waals surface area (Å²) in [7, 11) is -4.31. The van der Waals surface area contributed by atoms with Crippen LogP contribution in [0.5, 0.6) is 0 Å². The first kappa shape index (κ1) is 20.9. The monoisotopic (exact) mass is 308 g/mol. The van der Waals surface area contributed by atoms with E-state index in [1.165, 1.54) is 0 Å². The van der Waals surface area contributed by atoms with Crippen molar-refractivity contribution in [2.75, 3.05) is 6.61 Å². The third-order valence-corrected chi connectivity index (χ3v) is 2.65. The van der Waals surface area contributed by atoms with Gasteiger partial charge in [0, 0.05) is 6.08 Å². The first-order chi connectivity index (χ1) is 8.02. The van der Waals surface area contributed by atoms with Crippen LogP contribution in [0.1, 0.15) is 41.9 Å². The predicted molar refractivity (Wildman–Crippen MR) is 69.9 cm³/mol. The van der Waals surface area contributed by atoms with Gasteiger partial charge in [0.15, 0.2) is 0 Å². The Balaban J connectivity index is -0.000000427. The SMILES string of the molecule is C=CC(=O)OOP(=O)(O)OCCCCCCC.[Ca+2].[H-].[H-]. The van der Waals surface area contributed by atoms with Crippen LogP contribution in [-0.2, 0) is 23.4 Å². The number of hydrogen-bond acceptors (Lipinski definition) is 5. The Labute approximate surface area is 140 Å². The van der Waals surface area contributed by atoms with E-state index < -0.39 is 13.8 Å². The van der Waals surface area contributed by atoms with Crippen LogP contribution in [0.15, 0.2) is 12.7 Å². The smallest absolute Gasteiger partial charge is 1.00 e. The van der Waals surface area contributed by atoms with Crippen LogP contribution < -0.4 is 0 Å². The van der Waals surface area contributed by atoms with Gasteiger partial charge in [-0.3, -0.25) is 9.41 Å². The summed E-state index contributed by atoms with van der Waals surface area (Å²) in [4.78, 5) is 23.6. The van der Waals surface area contributed by atoms with Gasteiger partial charge in [0.25, 0.3) is 0 Å². The molecule has 0 amide bonds. The second-order valence-corrected chi connectivity index (χ2v) is 4.74. The topological polar surface area (TPSA) is 82.1 Å². The molecule has 0 radical (unpaired) electrons. The zero-order valence-corrected chi connectivity index (χ0v) is 13.8. The van der Waals surface area contributed by atoms with Crippen LogP contribution in [-0.4, -0.2) is 55.2 Å². The fraction of sp³-hybridized carbons (Fsp3) is 0.700. The van der Waals surface area contributed by atoms with Crippen molar-refractivity contribution in [2.24, 2.45) is 0 Å². The molecule has 0 spiro atoms. The van der Waals surface area contributed by atoms with Crippen LogP contribution >= 0.6 is 7.82 Å². The van der Waals surface area contributed by atoms with E-state index in [4.69, 9.17) is 4.89 Å². The minimum Gasteiger partial charge on any atom is -1.00 e. The van der Waals surface area contributed by atoms with Crippen LogP contribution in [0.2, 0.25) is 0 Å². The molecule has 0 aliphatic carbocycles. The molecular weight excluding hydrogens is 287 g/mol. The normalized spacial score (nSPS) is 13.2. The van der Waals surface area contributed by atoms with Gasteiger partial charge >= 0.3 is 51.5 Å². The van der Waals surface area contributed by atoms with E-state index in [0.29, 0.717) is 6.42 Å². The minimum absolute atomic E-state index is 0. The quantitative estimate of drug-likeness (QED) is 0.167. The molecule has 0 aliphatic rings. The van der Waals surface area contributed by atoms with Gasteiger partial charge in [-0.2, -0.15) is 0 Å². The van der Waals surface area contributed by atoms with Gasteiger partial charge in [0.2, 0.25) is 0 Å². The Morgan fingerprint density at radius 2 is 2.00 bits per heavy atom. The summed E-state index contributed by atoms with van der Waals surface area (Å²) in [5, 5.41) is 0. The summed E-state index contributed by atoms with van der Waals surface area (Å²) >= 11 is 0. The Kier molecular flexibility index (Phi) is 14.6. The molecule has 0 fully saturated rings. The summed E-state index contributed by atoms with van der Waals surface area (Å²) in [6.45, 7) is 5.28. The largest absolute Gasteiger partial charge is 2.00 e. The molecule has 0 heterocycles. The number of phosphoric ester groups is 1.